The summed E-state index contributed by atoms with van der Waals surface area (Å²) >= 11 is 0.552. The Morgan fingerprint density at radius 1 is 1.33 bits per heavy atom. The van der Waals surface area contributed by atoms with E-state index in [1.165, 1.54) is 10.1 Å². The van der Waals surface area contributed by atoms with Gasteiger partial charge in [0, 0.05) is 0 Å². The first kappa shape index (κ1) is 5.66. The molecular formula is C6H4NSSe. The zero-order chi connectivity index (χ0) is 6.10. The van der Waals surface area contributed by atoms with E-state index in [0.717, 1.165) is 0 Å². The van der Waals surface area contributed by atoms with Crippen LogP contribution < -0.4 is 9.18 Å². The SMILES string of the molecule is c1ccc2c(c1)[N]S[Se]2. The Morgan fingerprint density at radius 2 is 2.22 bits per heavy atom. The van der Waals surface area contributed by atoms with E-state index in [-0.39, 0.29) is 0 Å². The van der Waals surface area contributed by atoms with Gasteiger partial charge in [0.05, 0.1) is 0 Å². The van der Waals surface area contributed by atoms with Gasteiger partial charge in [-0.15, -0.1) is 0 Å². The standard InChI is InChI=1S/C6H4NSSe/c1-2-4-6-5(3-1)7-8-9-6/h1-4H. The quantitative estimate of drug-likeness (QED) is 0.448. The molecule has 2 rings (SSSR count). The maximum absolute atomic E-state index is 4.24. The van der Waals surface area contributed by atoms with E-state index in [0.29, 0.717) is 13.8 Å². The molecule has 0 atom stereocenters. The molecule has 1 aromatic carbocycles. The first-order chi connectivity index (χ1) is 4.47. The Kier molecular flexibility index (Phi) is 1.42. The van der Waals surface area contributed by atoms with E-state index in [1.807, 2.05) is 6.07 Å². The Hall–Kier alpha value is -0.111. The van der Waals surface area contributed by atoms with Crippen molar-refractivity contribution in [3.05, 3.63) is 24.3 Å². The van der Waals surface area contributed by atoms with Crippen molar-refractivity contribution in [3.63, 3.8) is 0 Å². The molecule has 0 amide bonds. The third-order valence-electron chi connectivity index (χ3n) is 1.13. The van der Waals surface area contributed by atoms with Gasteiger partial charge >= 0.3 is 63.3 Å². The summed E-state index contributed by atoms with van der Waals surface area (Å²) in [5.41, 5.74) is 1.18. The van der Waals surface area contributed by atoms with Crippen molar-refractivity contribution in [2.45, 2.75) is 0 Å². The predicted octanol–water partition coefficient (Wildman–Crippen LogP) is 0.829. The summed E-state index contributed by atoms with van der Waals surface area (Å²) in [4.78, 5) is 0. The van der Waals surface area contributed by atoms with Crippen molar-refractivity contribution in [1.29, 1.82) is 0 Å². The van der Waals surface area contributed by atoms with E-state index in [1.54, 1.807) is 10.4 Å². The molecule has 0 bridgehead atoms. The Labute approximate surface area is 63.6 Å². The third-order valence-corrected chi connectivity index (χ3v) is 4.45. The molecule has 0 N–H and O–H groups in total. The Balaban J connectivity index is 2.54. The van der Waals surface area contributed by atoms with Gasteiger partial charge in [-0.1, -0.05) is 0 Å². The van der Waals surface area contributed by atoms with Gasteiger partial charge in [0.25, 0.3) is 0 Å². The van der Waals surface area contributed by atoms with Gasteiger partial charge in [-0.25, -0.2) is 0 Å². The molecule has 1 aliphatic rings. The van der Waals surface area contributed by atoms with E-state index < -0.39 is 0 Å². The molecule has 1 radical (unpaired) electrons. The van der Waals surface area contributed by atoms with Crippen LogP contribution in [0.4, 0.5) is 5.69 Å². The zero-order valence-corrected chi connectivity index (χ0v) is 7.10. The molecule has 0 spiro atoms. The molecule has 1 aliphatic heterocycles. The van der Waals surface area contributed by atoms with Gasteiger partial charge in [0.2, 0.25) is 0 Å². The number of benzene rings is 1. The third kappa shape index (κ3) is 0.959. The summed E-state index contributed by atoms with van der Waals surface area (Å²) in [5.74, 6) is 0. The maximum atomic E-state index is 4.24. The van der Waals surface area contributed by atoms with Crippen LogP contribution >= 0.6 is 10.4 Å². The second-order valence-corrected chi connectivity index (χ2v) is 5.13. The molecule has 3 heteroatoms. The molecule has 45 valence electrons. The molecule has 0 unspecified atom stereocenters. The van der Waals surface area contributed by atoms with E-state index in [4.69, 9.17) is 0 Å². The molecule has 0 aliphatic carbocycles. The van der Waals surface area contributed by atoms with Crippen LogP contribution in [0.3, 0.4) is 0 Å². The van der Waals surface area contributed by atoms with E-state index in [2.05, 4.69) is 22.9 Å². The van der Waals surface area contributed by atoms with Crippen LogP contribution in [0.25, 0.3) is 0 Å². The van der Waals surface area contributed by atoms with Crippen molar-refractivity contribution in [2.75, 3.05) is 0 Å². The number of fused-ring (bicyclic) bond motifs is 1. The van der Waals surface area contributed by atoms with Crippen LogP contribution in [0.1, 0.15) is 0 Å². The summed E-state index contributed by atoms with van der Waals surface area (Å²) in [7, 11) is 1.69. The topological polar surface area (TPSA) is 14.1 Å². The monoisotopic (exact) mass is 202 g/mol. The second kappa shape index (κ2) is 2.25. The Morgan fingerprint density at radius 3 is 3.11 bits per heavy atom. The number of rotatable bonds is 0. The average Bonchev–Trinajstić information content (AvgIpc) is 2.33. The first-order valence-corrected chi connectivity index (χ1v) is 6.26. The summed E-state index contributed by atoms with van der Waals surface area (Å²) in [6.07, 6.45) is 0. The van der Waals surface area contributed by atoms with Gasteiger partial charge in [-0.2, -0.15) is 0 Å². The van der Waals surface area contributed by atoms with Crippen molar-refractivity contribution in [1.82, 2.24) is 4.72 Å². The first-order valence-electron chi connectivity index (χ1n) is 2.60. The molecule has 0 aromatic heterocycles. The van der Waals surface area contributed by atoms with Crippen LogP contribution in [0.5, 0.6) is 0 Å². The minimum absolute atomic E-state index is 0.552. The predicted molar refractivity (Wildman–Crippen MR) is 41.2 cm³/mol. The van der Waals surface area contributed by atoms with Crippen LogP contribution in [-0.2, 0) is 0 Å². The fourth-order valence-corrected chi connectivity index (χ4v) is 3.87. The van der Waals surface area contributed by atoms with E-state index in [9.17, 15) is 0 Å². The van der Waals surface area contributed by atoms with Crippen LogP contribution in [0.15, 0.2) is 24.3 Å². The van der Waals surface area contributed by atoms with Crippen molar-refractivity contribution in [3.8, 4) is 0 Å². The van der Waals surface area contributed by atoms with Gasteiger partial charge < -0.3 is 0 Å². The summed E-state index contributed by atoms with van der Waals surface area (Å²) < 4.78 is 5.67. The zero-order valence-electron chi connectivity index (χ0n) is 4.57. The fourth-order valence-electron chi connectivity index (χ4n) is 0.702. The summed E-state index contributed by atoms with van der Waals surface area (Å²) in [6.45, 7) is 0. The fraction of sp³-hybridized carbons (Fsp3) is 0. The second-order valence-electron chi connectivity index (χ2n) is 1.72. The summed E-state index contributed by atoms with van der Waals surface area (Å²) in [5, 5.41) is 0. The number of nitrogens with zero attached hydrogens (tertiary/aromatic N) is 1. The average molecular weight is 201 g/mol. The summed E-state index contributed by atoms with van der Waals surface area (Å²) in [6, 6.07) is 8.32. The van der Waals surface area contributed by atoms with E-state index >= 15 is 0 Å². The van der Waals surface area contributed by atoms with Crippen molar-refractivity contribution in [2.24, 2.45) is 0 Å². The molecule has 0 fully saturated rings. The molecule has 9 heavy (non-hydrogen) atoms. The van der Waals surface area contributed by atoms with Gasteiger partial charge in [0.15, 0.2) is 0 Å². The van der Waals surface area contributed by atoms with Crippen molar-refractivity contribution >= 4 is 34.4 Å². The van der Waals surface area contributed by atoms with Crippen molar-refractivity contribution < 1.29 is 0 Å². The minimum atomic E-state index is 0.552. The normalized spacial score (nSPS) is 14.7. The molecular weight excluding hydrogens is 197 g/mol. The number of hydrogen-bond donors (Lipinski definition) is 0. The molecule has 1 aromatic rings. The van der Waals surface area contributed by atoms with Crippen LogP contribution in [-0.4, -0.2) is 13.8 Å². The Bertz CT molecular complexity index is 203. The molecule has 0 saturated heterocycles. The molecule has 1 heterocycles. The number of hydrogen-bond acceptors (Lipinski definition) is 1. The van der Waals surface area contributed by atoms with Gasteiger partial charge in [-0.3, -0.25) is 0 Å². The van der Waals surface area contributed by atoms with Crippen LogP contribution in [0, 0.1) is 0 Å². The van der Waals surface area contributed by atoms with Gasteiger partial charge in [0.1, 0.15) is 0 Å². The van der Waals surface area contributed by atoms with Crippen LogP contribution in [0.2, 0.25) is 0 Å². The molecule has 0 saturated carbocycles. The molecule has 1 nitrogen and oxygen atoms in total. The van der Waals surface area contributed by atoms with Gasteiger partial charge in [-0.05, 0) is 0 Å².